The molecule has 78 valence electrons. The van der Waals surface area contributed by atoms with Gasteiger partial charge in [-0.15, -0.1) is 11.8 Å². The fourth-order valence-electron chi connectivity index (χ4n) is 1.26. The van der Waals surface area contributed by atoms with Crippen LogP contribution in [0.15, 0.2) is 29.2 Å². The van der Waals surface area contributed by atoms with Crippen LogP contribution in [0.2, 0.25) is 0 Å². The molecule has 0 saturated carbocycles. The van der Waals surface area contributed by atoms with E-state index in [1.54, 1.807) is 11.8 Å². The van der Waals surface area contributed by atoms with Gasteiger partial charge in [-0.25, -0.2) is 0 Å². The van der Waals surface area contributed by atoms with Crippen molar-refractivity contribution in [1.82, 2.24) is 0 Å². The maximum atomic E-state index is 10.2. The van der Waals surface area contributed by atoms with E-state index in [-0.39, 0.29) is 5.92 Å². The largest absolute Gasteiger partial charge is 0.385 e. The zero-order valence-electron chi connectivity index (χ0n) is 9.24. The summed E-state index contributed by atoms with van der Waals surface area (Å²) in [5.74, 6) is 0.225. The molecular weight excluding hydrogens is 192 g/mol. The molecule has 0 heterocycles. The zero-order chi connectivity index (χ0) is 10.8. The predicted molar refractivity (Wildman–Crippen MR) is 62.6 cm³/mol. The lowest BCUT2D eigenvalue weighted by Crippen LogP contribution is -2.27. The van der Waals surface area contributed by atoms with Crippen LogP contribution in [0.5, 0.6) is 0 Å². The number of benzene rings is 1. The molecule has 2 heteroatoms. The molecule has 0 saturated heterocycles. The number of thioether (sulfide) groups is 1. The van der Waals surface area contributed by atoms with Gasteiger partial charge in [0, 0.05) is 4.90 Å². The average molecular weight is 210 g/mol. The molecule has 0 radical (unpaired) electrons. The summed E-state index contributed by atoms with van der Waals surface area (Å²) in [6, 6.07) is 8.12. The van der Waals surface area contributed by atoms with Crippen LogP contribution in [0, 0.1) is 5.92 Å². The van der Waals surface area contributed by atoms with Gasteiger partial charge in [-0.05, 0) is 36.8 Å². The topological polar surface area (TPSA) is 20.2 Å². The number of hydrogen-bond donors (Lipinski definition) is 1. The maximum absolute atomic E-state index is 10.2. The van der Waals surface area contributed by atoms with Crippen molar-refractivity contribution in [2.45, 2.75) is 31.3 Å². The first-order chi connectivity index (χ1) is 6.48. The van der Waals surface area contributed by atoms with Crippen molar-refractivity contribution in [2.24, 2.45) is 5.92 Å². The third-order valence-corrected chi connectivity index (χ3v) is 3.54. The van der Waals surface area contributed by atoms with Crippen LogP contribution >= 0.6 is 11.8 Å². The molecule has 0 unspecified atom stereocenters. The average Bonchev–Trinajstić information content (AvgIpc) is 2.17. The third-order valence-electron chi connectivity index (χ3n) is 2.80. The molecule has 0 spiro atoms. The van der Waals surface area contributed by atoms with Gasteiger partial charge in [0.1, 0.15) is 0 Å². The minimum Gasteiger partial charge on any atom is -0.385 e. The zero-order valence-corrected chi connectivity index (χ0v) is 10.1. The van der Waals surface area contributed by atoms with Crippen LogP contribution in [-0.2, 0) is 5.60 Å². The van der Waals surface area contributed by atoms with E-state index in [1.807, 2.05) is 32.9 Å². The summed E-state index contributed by atoms with van der Waals surface area (Å²) in [4.78, 5) is 1.23. The lowest BCUT2D eigenvalue weighted by Gasteiger charge is -2.28. The Kier molecular flexibility index (Phi) is 3.62. The molecule has 0 aliphatic heterocycles. The highest BCUT2D eigenvalue weighted by Crippen LogP contribution is 2.29. The molecule has 1 aromatic rings. The van der Waals surface area contributed by atoms with Crippen LogP contribution < -0.4 is 0 Å². The van der Waals surface area contributed by atoms with Gasteiger partial charge in [0.05, 0.1) is 5.60 Å². The van der Waals surface area contributed by atoms with Gasteiger partial charge in [0.25, 0.3) is 0 Å². The summed E-state index contributed by atoms with van der Waals surface area (Å²) in [7, 11) is 0. The quantitative estimate of drug-likeness (QED) is 0.773. The number of aliphatic hydroxyl groups is 1. The van der Waals surface area contributed by atoms with Crippen LogP contribution in [0.25, 0.3) is 0 Å². The van der Waals surface area contributed by atoms with Crippen molar-refractivity contribution >= 4 is 11.8 Å². The van der Waals surface area contributed by atoms with Gasteiger partial charge in [-0.1, -0.05) is 26.0 Å². The standard InChI is InChI=1S/C12H18OS/c1-9(2)12(3,13)10-5-7-11(14-4)8-6-10/h5-9,13H,1-4H3/t12-/m1/s1. The van der Waals surface area contributed by atoms with Crippen LogP contribution in [0.1, 0.15) is 26.3 Å². The number of hydrogen-bond acceptors (Lipinski definition) is 2. The fourth-order valence-corrected chi connectivity index (χ4v) is 1.67. The Hall–Kier alpha value is -0.470. The first-order valence-corrected chi connectivity index (χ1v) is 6.08. The van der Waals surface area contributed by atoms with E-state index in [0.717, 1.165) is 5.56 Å². The molecule has 0 aromatic heterocycles. The van der Waals surface area contributed by atoms with Crippen molar-refractivity contribution in [3.8, 4) is 0 Å². The van der Waals surface area contributed by atoms with Gasteiger partial charge >= 0.3 is 0 Å². The molecule has 1 rings (SSSR count). The molecule has 0 fully saturated rings. The van der Waals surface area contributed by atoms with Crippen LogP contribution in [-0.4, -0.2) is 11.4 Å². The maximum Gasteiger partial charge on any atom is 0.0891 e. The smallest absolute Gasteiger partial charge is 0.0891 e. The number of rotatable bonds is 3. The molecule has 1 aromatic carbocycles. The predicted octanol–water partition coefficient (Wildman–Crippen LogP) is 3.27. The second kappa shape index (κ2) is 4.37. The summed E-state index contributed by atoms with van der Waals surface area (Å²) in [5, 5.41) is 10.2. The molecule has 1 atom stereocenters. The lowest BCUT2D eigenvalue weighted by atomic mass is 9.85. The van der Waals surface area contributed by atoms with Crippen LogP contribution in [0.3, 0.4) is 0 Å². The molecule has 14 heavy (non-hydrogen) atoms. The van der Waals surface area contributed by atoms with Crippen molar-refractivity contribution in [3.05, 3.63) is 29.8 Å². The molecule has 0 aliphatic rings. The highest BCUT2D eigenvalue weighted by atomic mass is 32.2. The second-order valence-electron chi connectivity index (χ2n) is 4.03. The van der Waals surface area contributed by atoms with Gasteiger partial charge in [0.2, 0.25) is 0 Å². The van der Waals surface area contributed by atoms with Gasteiger partial charge in [-0.3, -0.25) is 0 Å². The summed E-state index contributed by atoms with van der Waals surface area (Å²) < 4.78 is 0. The Morgan fingerprint density at radius 2 is 1.71 bits per heavy atom. The molecule has 0 amide bonds. The van der Waals surface area contributed by atoms with Gasteiger partial charge in [-0.2, -0.15) is 0 Å². The van der Waals surface area contributed by atoms with Crippen molar-refractivity contribution in [3.63, 3.8) is 0 Å². The van der Waals surface area contributed by atoms with Crippen molar-refractivity contribution < 1.29 is 5.11 Å². The summed E-state index contributed by atoms with van der Waals surface area (Å²) in [5.41, 5.74) is 0.266. The Morgan fingerprint density at radius 3 is 2.07 bits per heavy atom. The van der Waals surface area contributed by atoms with E-state index in [0.29, 0.717) is 0 Å². The Labute approximate surface area is 90.5 Å². The molecule has 0 aliphatic carbocycles. The summed E-state index contributed by atoms with van der Waals surface area (Å²) in [6.07, 6.45) is 2.05. The van der Waals surface area contributed by atoms with E-state index < -0.39 is 5.60 Å². The second-order valence-corrected chi connectivity index (χ2v) is 4.91. The lowest BCUT2D eigenvalue weighted by molar-refractivity contribution is 0.00901. The first kappa shape index (κ1) is 11.6. The Morgan fingerprint density at radius 1 is 1.21 bits per heavy atom. The molecule has 1 N–H and O–H groups in total. The fraction of sp³-hybridized carbons (Fsp3) is 0.500. The van der Waals surface area contributed by atoms with Crippen LogP contribution in [0.4, 0.5) is 0 Å². The highest BCUT2D eigenvalue weighted by molar-refractivity contribution is 7.98. The van der Waals surface area contributed by atoms with E-state index in [2.05, 4.69) is 18.4 Å². The van der Waals surface area contributed by atoms with Crippen molar-refractivity contribution in [1.29, 1.82) is 0 Å². The van der Waals surface area contributed by atoms with Gasteiger partial charge < -0.3 is 5.11 Å². The third kappa shape index (κ3) is 2.31. The first-order valence-electron chi connectivity index (χ1n) is 4.85. The minimum absolute atomic E-state index is 0.225. The summed E-state index contributed by atoms with van der Waals surface area (Å²) >= 11 is 1.71. The molecular formula is C12H18OS. The monoisotopic (exact) mass is 210 g/mol. The Balaban J connectivity index is 2.97. The summed E-state index contributed by atoms with van der Waals surface area (Å²) in [6.45, 7) is 5.93. The van der Waals surface area contributed by atoms with Gasteiger partial charge in [0.15, 0.2) is 0 Å². The minimum atomic E-state index is -0.725. The van der Waals surface area contributed by atoms with E-state index in [1.165, 1.54) is 4.90 Å². The SMILES string of the molecule is CSc1ccc([C@](C)(O)C(C)C)cc1. The van der Waals surface area contributed by atoms with Crippen molar-refractivity contribution in [2.75, 3.05) is 6.26 Å². The highest BCUT2D eigenvalue weighted by Gasteiger charge is 2.26. The van der Waals surface area contributed by atoms with E-state index in [9.17, 15) is 5.11 Å². The molecule has 1 nitrogen and oxygen atoms in total. The van der Waals surface area contributed by atoms with E-state index >= 15 is 0 Å². The Bertz CT molecular complexity index is 288. The molecule has 0 bridgehead atoms. The van der Waals surface area contributed by atoms with E-state index in [4.69, 9.17) is 0 Å². The normalized spacial score (nSPS) is 15.6.